The highest BCUT2D eigenvalue weighted by Gasteiger charge is 2.26. The van der Waals surface area contributed by atoms with E-state index in [9.17, 15) is 9.59 Å². The van der Waals surface area contributed by atoms with Crippen LogP contribution >= 0.6 is 0 Å². The maximum absolute atomic E-state index is 12.4. The van der Waals surface area contributed by atoms with Crippen LogP contribution in [-0.2, 0) is 0 Å². The van der Waals surface area contributed by atoms with Crippen molar-refractivity contribution in [2.24, 2.45) is 0 Å². The Hall–Kier alpha value is -2.70. The summed E-state index contributed by atoms with van der Waals surface area (Å²) in [4.78, 5) is 27.7. The van der Waals surface area contributed by atoms with E-state index in [2.05, 4.69) is 15.2 Å². The van der Waals surface area contributed by atoms with Gasteiger partial charge in [0.05, 0.1) is 12.1 Å². The lowest BCUT2D eigenvalue weighted by Gasteiger charge is -2.32. The Morgan fingerprint density at radius 2 is 2.27 bits per heavy atom. The van der Waals surface area contributed by atoms with Crippen molar-refractivity contribution < 1.29 is 9.53 Å². The van der Waals surface area contributed by atoms with Crippen molar-refractivity contribution >= 4 is 5.91 Å². The van der Waals surface area contributed by atoms with Crippen molar-refractivity contribution in [1.29, 1.82) is 0 Å². The summed E-state index contributed by atoms with van der Waals surface area (Å²) in [6.07, 6.45) is 4.65. The molecule has 2 aromatic heterocycles. The van der Waals surface area contributed by atoms with Crippen LogP contribution in [0.15, 0.2) is 41.5 Å². The third-order valence-corrected chi connectivity index (χ3v) is 3.53. The number of carbonyl (C=O) groups excluding carboxylic acids is 1. The molecule has 0 bridgehead atoms. The number of amides is 1. The number of aromatic nitrogens is 3. The van der Waals surface area contributed by atoms with Gasteiger partial charge in [0, 0.05) is 31.1 Å². The molecule has 0 spiro atoms. The molecule has 0 aliphatic carbocycles. The van der Waals surface area contributed by atoms with E-state index in [-0.39, 0.29) is 17.6 Å². The molecule has 0 radical (unpaired) electrons. The molecule has 3 rings (SSSR count). The number of carbonyl (C=O) groups is 1. The predicted molar refractivity (Wildman–Crippen MR) is 78.6 cm³/mol. The molecular formula is C15H16N4O3. The van der Waals surface area contributed by atoms with E-state index in [1.807, 2.05) is 0 Å². The van der Waals surface area contributed by atoms with E-state index < -0.39 is 0 Å². The average Bonchev–Trinajstić information content (AvgIpc) is 2.56. The summed E-state index contributed by atoms with van der Waals surface area (Å²) in [5.41, 5.74) is 0.249. The summed E-state index contributed by atoms with van der Waals surface area (Å²) in [5.74, 6) is 0.356. The summed E-state index contributed by atoms with van der Waals surface area (Å²) in [7, 11) is 0. The molecule has 22 heavy (non-hydrogen) atoms. The molecule has 1 N–H and O–H groups in total. The van der Waals surface area contributed by atoms with Crippen LogP contribution in [0.2, 0.25) is 0 Å². The topological polar surface area (TPSA) is 88.2 Å². The fourth-order valence-electron chi connectivity index (χ4n) is 2.47. The Labute approximate surface area is 126 Å². The summed E-state index contributed by atoms with van der Waals surface area (Å²) >= 11 is 0. The normalized spacial score (nSPS) is 18.0. The molecule has 1 aliphatic heterocycles. The van der Waals surface area contributed by atoms with Crippen LogP contribution in [0.3, 0.4) is 0 Å². The highest BCUT2D eigenvalue weighted by atomic mass is 16.5. The Bertz CT molecular complexity index is 681. The fourth-order valence-corrected chi connectivity index (χ4v) is 2.47. The minimum absolute atomic E-state index is 0.0999. The molecule has 1 atom stereocenters. The van der Waals surface area contributed by atoms with Gasteiger partial charge < -0.3 is 14.6 Å². The Morgan fingerprint density at radius 3 is 3.00 bits per heavy atom. The van der Waals surface area contributed by atoms with E-state index in [0.717, 1.165) is 12.8 Å². The van der Waals surface area contributed by atoms with Crippen LogP contribution in [0.1, 0.15) is 23.2 Å². The van der Waals surface area contributed by atoms with Gasteiger partial charge in [-0.2, -0.15) is 5.10 Å². The highest BCUT2D eigenvalue weighted by Crippen LogP contribution is 2.17. The zero-order valence-electron chi connectivity index (χ0n) is 11.9. The molecule has 1 fully saturated rings. The molecule has 1 amide bonds. The van der Waals surface area contributed by atoms with Gasteiger partial charge in [0.15, 0.2) is 0 Å². The van der Waals surface area contributed by atoms with Gasteiger partial charge in [0.1, 0.15) is 6.10 Å². The van der Waals surface area contributed by atoms with Crippen molar-refractivity contribution in [3.8, 4) is 5.88 Å². The first-order valence-electron chi connectivity index (χ1n) is 7.15. The molecule has 0 saturated carbocycles. The number of nitrogens with one attached hydrogen (secondary N) is 1. The van der Waals surface area contributed by atoms with E-state index in [1.54, 1.807) is 23.2 Å². The van der Waals surface area contributed by atoms with E-state index >= 15 is 0 Å². The molecule has 114 valence electrons. The standard InChI is InChI=1S/C15H16N4O3/c20-13-6-5-11(9-16-13)15(21)19-8-2-3-12(10-19)22-14-4-1-7-17-18-14/h1,4-7,9,12H,2-3,8,10H2,(H,16,20)/t12-/m0/s1. The second kappa shape index (κ2) is 6.38. The number of rotatable bonds is 3. The van der Waals surface area contributed by atoms with Crippen LogP contribution in [0.25, 0.3) is 0 Å². The van der Waals surface area contributed by atoms with E-state index in [4.69, 9.17) is 4.74 Å². The number of aromatic amines is 1. The van der Waals surface area contributed by atoms with Gasteiger partial charge in [-0.25, -0.2) is 0 Å². The molecule has 0 aromatic carbocycles. The van der Waals surface area contributed by atoms with Crippen molar-refractivity contribution in [1.82, 2.24) is 20.1 Å². The number of piperidine rings is 1. The van der Waals surface area contributed by atoms with Crippen molar-refractivity contribution in [2.45, 2.75) is 18.9 Å². The van der Waals surface area contributed by atoms with Crippen LogP contribution < -0.4 is 10.3 Å². The summed E-state index contributed by atoms with van der Waals surface area (Å²) in [6.45, 7) is 1.17. The van der Waals surface area contributed by atoms with Gasteiger partial charge in [0.2, 0.25) is 11.4 Å². The maximum atomic E-state index is 12.4. The molecular weight excluding hydrogens is 284 g/mol. The Balaban J connectivity index is 1.66. The predicted octanol–water partition coefficient (Wildman–Crippen LogP) is 0.848. The largest absolute Gasteiger partial charge is 0.471 e. The number of H-pyrrole nitrogens is 1. The minimum atomic E-state index is -0.223. The molecule has 7 nitrogen and oxygen atoms in total. The van der Waals surface area contributed by atoms with Gasteiger partial charge in [-0.3, -0.25) is 9.59 Å². The Kier molecular flexibility index (Phi) is 4.13. The first-order valence-corrected chi connectivity index (χ1v) is 7.15. The third-order valence-electron chi connectivity index (χ3n) is 3.53. The fraction of sp³-hybridized carbons (Fsp3) is 0.333. The molecule has 1 aliphatic rings. The number of ether oxygens (including phenoxy) is 1. The van der Waals surface area contributed by atoms with Gasteiger partial charge in [-0.05, 0) is 25.0 Å². The SMILES string of the molecule is O=C(c1ccc(=O)[nH]c1)N1CCC[C@H](Oc2cccnn2)C1. The maximum Gasteiger partial charge on any atom is 0.255 e. The van der Waals surface area contributed by atoms with Crippen LogP contribution in [0, 0.1) is 0 Å². The lowest BCUT2D eigenvalue weighted by molar-refractivity contribution is 0.0525. The molecule has 1 saturated heterocycles. The monoisotopic (exact) mass is 300 g/mol. The van der Waals surface area contributed by atoms with Crippen molar-refractivity contribution in [2.75, 3.05) is 13.1 Å². The molecule has 3 heterocycles. The summed E-state index contributed by atoms with van der Waals surface area (Å²) in [5, 5.41) is 7.67. The summed E-state index contributed by atoms with van der Waals surface area (Å²) in [6, 6.07) is 6.39. The van der Waals surface area contributed by atoms with Gasteiger partial charge in [0.25, 0.3) is 5.91 Å². The number of hydrogen-bond acceptors (Lipinski definition) is 5. The number of likely N-dealkylation sites (tertiary alicyclic amines) is 1. The molecule has 2 aromatic rings. The first kappa shape index (κ1) is 14.2. The quantitative estimate of drug-likeness (QED) is 0.908. The van der Waals surface area contributed by atoms with Crippen LogP contribution in [0.5, 0.6) is 5.88 Å². The zero-order chi connectivity index (χ0) is 15.4. The minimum Gasteiger partial charge on any atom is -0.471 e. The molecule has 7 heteroatoms. The second-order valence-electron chi connectivity index (χ2n) is 5.14. The van der Waals surface area contributed by atoms with Gasteiger partial charge >= 0.3 is 0 Å². The lowest BCUT2D eigenvalue weighted by atomic mass is 10.1. The number of hydrogen-bond donors (Lipinski definition) is 1. The lowest BCUT2D eigenvalue weighted by Crippen LogP contribution is -2.44. The van der Waals surface area contributed by atoms with Gasteiger partial charge in [-0.1, -0.05) is 0 Å². The third kappa shape index (κ3) is 3.30. The van der Waals surface area contributed by atoms with E-state index in [0.29, 0.717) is 24.5 Å². The molecule has 0 unspecified atom stereocenters. The number of nitrogens with zero attached hydrogens (tertiary/aromatic N) is 3. The van der Waals surface area contributed by atoms with Crippen molar-refractivity contribution in [3.63, 3.8) is 0 Å². The van der Waals surface area contributed by atoms with Crippen LogP contribution in [0.4, 0.5) is 0 Å². The van der Waals surface area contributed by atoms with Crippen LogP contribution in [-0.4, -0.2) is 45.2 Å². The van der Waals surface area contributed by atoms with Gasteiger partial charge in [-0.15, -0.1) is 5.10 Å². The zero-order valence-corrected chi connectivity index (χ0v) is 11.9. The highest BCUT2D eigenvalue weighted by molar-refractivity contribution is 5.93. The van der Waals surface area contributed by atoms with E-state index in [1.165, 1.54) is 18.3 Å². The smallest absolute Gasteiger partial charge is 0.255 e. The second-order valence-corrected chi connectivity index (χ2v) is 5.14. The van der Waals surface area contributed by atoms with Crippen molar-refractivity contribution in [3.05, 3.63) is 52.6 Å². The average molecular weight is 300 g/mol. The summed E-state index contributed by atoms with van der Waals surface area (Å²) < 4.78 is 5.77. The Morgan fingerprint density at radius 1 is 1.36 bits per heavy atom. The first-order chi connectivity index (χ1) is 10.7. The number of pyridine rings is 1.